The molecule has 130 valence electrons. The highest BCUT2D eigenvalue weighted by atomic mass is 19.4. The standard InChI is InChI=1S/C19H13F3N4/c20-19(21,22)18-24-15(14-9-5-2-6-10-14)16-17(25-18)26(12-23-16)11-13-7-3-1-4-8-13/h1-10,12H,11H2. The van der Waals surface area contributed by atoms with E-state index in [1.807, 2.05) is 30.3 Å². The van der Waals surface area contributed by atoms with Crippen molar-refractivity contribution in [2.45, 2.75) is 12.7 Å². The van der Waals surface area contributed by atoms with Crippen LogP contribution in [0.2, 0.25) is 0 Å². The van der Waals surface area contributed by atoms with Crippen molar-refractivity contribution in [3.63, 3.8) is 0 Å². The topological polar surface area (TPSA) is 43.6 Å². The maximum absolute atomic E-state index is 13.3. The van der Waals surface area contributed by atoms with E-state index in [1.165, 1.54) is 6.33 Å². The highest BCUT2D eigenvalue weighted by Gasteiger charge is 2.36. The van der Waals surface area contributed by atoms with E-state index in [0.29, 0.717) is 17.6 Å². The highest BCUT2D eigenvalue weighted by Crippen LogP contribution is 2.32. The number of nitrogens with zero attached hydrogens (tertiary/aromatic N) is 4. The summed E-state index contributed by atoms with van der Waals surface area (Å²) in [4.78, 5) is 11.8. The predicted octanol–water partition coefficient (Wildman–Crippen LogP) is 4.56. The zero-order chi connectivity index (χ0) is 18.1. The zero-order valence-corrected chi connectivity index (χ0v) is 13.5. The second-order valence-electron chi connectivity index (χ2n) is 5.79. The fourth-order valence-corrected chi connectivity index (χ4v) is 2.76. The molecule has 0 aliphatic rings. The molecule has 2 aromatic carbocycles. The number of rotatable bonds is 3. The Kier molecular flexibility index (Phi) is 3.91. The van der Waals surface area contributed by atoms with Gasteiger partial charge < -0.3 is 4.57 Å². The number of halogens is 3. The molecule has 0 aliphatic heterocycles. The molecular formula is C19H13F3N4. The Balaban J connectivity index is 1.91. The van der Waals surface area contributed by atoms with Gasteiger partial charge in [-0.1, -0.05) is 60.7 Å². The van der Waals surface area contributed by atoms with E-state index in [-0.39, 0.29) is 11.3 Å². The summed E-state index contributed by atoms with van der Waals surface area (Å²) in [7, 11) is 0. The monoisotopic (exact) mass is 354 g/mol. The van der Waals surface area contributed by atoms with Crippen LogP contribution in [0.3, 0.4) is 0 Å². The molecule has 2 aromatic heterocycles. The third kappa shape index (κ3) is 3.03. The van der Waals surface area contributed by atoms with Crippen LogP contribution in [0.15, 0.2) is 67.0 Å². The molecular weight excluding hydrogens is 341 g/mol. The molecule has 7 heteroatoms. The van der Waals surface area contributed by atoms with E-state index >= 15 is 0 Å². The minimum atomic E-state index is -4.64. The fourth-order valence-electron chi connectivity index (χ4n) is 2.76. The van der Waals surface area contributed by atoms with Gasteiger partial charge in [-0.3, -0.25) is 0 Å². The molecule has 4 rings (SSSR count). The third-order valence-electron chi connectivity index (χ3n) is 3.96. The van der Waals surface area contributed by atoms with Crippen LogP contribution in [0.4, 0.5) is 13.2 Å². The lowest BCUT2D eigenvalue weighted by Gasteiger charge is -2.10. The van der Waals surface area contributed by atoms with E-state index in [2.05, 4.69) is 15.0 Å². The number of benzene rings is 2. The first-order valence-electron chi connectivity index (χ1n) is 7.92. The average molecular weight is 354 g/mol. The van der Waals surface area contributed by atoms with Gasteiger partial charge in [-0.05, 0) is 5.56 Å². The summed E-state index contributed by atoms with van der Waals surface area (Å²) in [6.45, 7) is 0.375. The first-order valence-corrected chi connectivity index (χ1v) is 7.92. The van der Waals surface area contributed by atoms with Crippen molar-refractivity contribution in [2.24, 2.45) is 0 Å². The molecule has 4 nitrogen and oxygen atoms in total. The number of imidazole rings is 1. The van der Waals surface area contributed by atoms with Crippen molar-refractivity contribution in [1.29, 1.82) is 0 Å². The second kappa shape index (κ2) is 6.25. The third-order valence-corrected chi connectivity index (χ3v) is 3.96. The Labute approximate surface area is 147 Å². The number of aromatic nitrogens is 4. The minimum absolute atomic E-state index is 0.162. The average Bonchev–Trinajstić information content (AvgIpc) is 3.05. The molecule has 0 saturated heterocycles. The summed E-state index contributed by atoms with van der Waals surface area (Å²) >= 11 is 0. The van der Waals surface area contributed by atoms with Gasteiger partial charge in [-0.2, -0.15) is 13.2 Å². The molecule has 26 heavy (non-hydrogen) atoms. The smallest absolute Gasteiger partial charge is 0.311 e. The van der Waals surface area contributed by atoms with Crippen LogP contribution in [-0.2, 0) is 12.7 Å². The van der Waals surface area contributed by atoms with Crippen LogP contribution in [-0.4, -0.2) is 19.5 Å². The van der Waals surface area contributed by atoms with Crippen LogP contribution < -0.4 is 0 Å². The fraction of sp³-hybridized carbons (Fsp3) is 0.105. The Morgan fingerprint density at radius 2 is 1.50 bits per heavy atom. The highest BCUT2D eigenvalue weighted by molar-refractivity contribution is 5.87. The molecule has 0 unspecified atom stereocenters. The van der Waals surface area contributed by atoms with Crippen molar-refractivity contribution in [1.82, 2.24) is 19.5 Å². The number of hydrogen-bond donors (Lipinski definition) is 0. The molecule has 0 aliphatic carbocycles. The minimum Gasteiger partial charge on any atom is -0.311 e. The maximum Gasteiger partial charge on any atom is 0.451 e. The quantitative estimate of drug-likeness (QED) is 0.542. The predicted molar refractivity (Wildman–Crippen MR) is 91.3 cm³/mol. The van der Waals surface area contributed by atoms with Gasteiger partial charge in [0.2, 0.25) is 5.82 Å². The van der Waals surface area contributed by atoms with Gasteiger partial charge >= 0.3 is 6.18 Å². The molecule has 0 spiro atoms. The van der Waals surface area contributed by atoms with Crippen LogP contribution >= 0.6 is 0 Å². The number of hydrogen-bond acceptors (Lipinski definition) is 3. The number of alkyl halides is 3. The van der Waals surface area contributed by atoms with E-state index in [9.17, 15) is 13.2 Å². The largest absolute Gasteiger partial charge is 0.451 e. The Hall–Kier alpha value is -3.22. The maximum atomic E-state index is 13.3. The summed E-state index contributed by atoms with van der Waals surface area (Å²) < 4.78 is 41.6. The lowest BCUT2D eigenvalue weighted by molar-refractivity contribution is -0.144. The van der Waals surface area contributed by atoms with E-state index in [4.69, 9.17) is 0 Å². The zero-order valence-electron chi connectivity index (χ0n) is 13.5. The summed E-state index contributed by atoms with van der Waals surface area (Å²) in [6, 6.07) is 18.1. The van der Waals surface area contributed by atoms with Gasteiger partial charge in [0.1, 0.15) is 11.2 Å². The molecule has 0 N–H and O–H groups in total. The summed E-state index contributed by atoms with van der Waals surface area (Å²) in [5.41, 5.74) is 2.19. The SMILES string of the molecule is FC(F)(F)c1nc(-c2ccccc2)c2ncn(Cc3ccccc3)c2n1. The van der Waals surface area contributed by atoms with Gasteiger partial charge in [0.25, 0.3) is 0 Å². The Morgan fingerprint density at radius 1 is 0.846 bits per heavy atom. The normalized spacial score (nSPS) is 11.8. The molecule has 4 aromatic rings. The molecule has 0 bridgehead atoms. The molecule has 0 atom stereocenters. The van der Waals surface area contributed by atoms with Crippen molar-refractivity contribution < 1.29 is 13.2 Å². The van der Waals surface area contributed by atoms with Crippen molar-refractivity contribution in [3.8, 4) is 11.3 Å². The summed E-state index contributed by atoms with van der Waals surface area (Å²) in [5, 5.41) is 0. The van der Waals surface area contributed by atoms with Crippen LogP contribution in [0, 0.1) is 0 Å². The summed E-state index contributed by atoms with van der Waals surface area (Å²) in [6.07, 6.45) is -3.14. The van der Waals surface area contributed by atoms with Crippen molar-refractivity contribution in [3.05, 3.63) is 78.4 Å². The van der Waals surface area contributed by atoms with Crippen LogP contribution in [0.1, 0.15) is 11.4 Å². The van der Waals surface area contributed by atoms with Gasteiger partial charge in [-0.15, -0.1) is 0 Å². The molecule has 0 fully saturated rings. The molecule has 0 radical (unpaired) electrons. The van der Waals surface area contributed by atoms with Crippen LogP contribution in [0.5, 0.6) is 0 Å². The second-order valence-corrected chi connectivity index (χ2v) is 5.79. The van der Waals surface area contributed by atoms with Crippen LogP contribution in [0.25, 0.3) is 22.4 Å². The van der Waals surface area contributed by atoms with Gasteiger partial charge in [0.05, 0.1) is 12.9 Å². The molecule has 0 saturated carbocycles. The summed E-state index contributed by atoms with van der Waals surface area (Å²) in [5.74, 6) is -1.17. The first kappa shape index (κ1) is 16.3. The Morgan fingerprint density at radius 3 is 2.15 bits per heavy atom. The van der Waals surface area contributed by atoms with Gasteiger partial charge in [-0.25, -0.2) is 15.0 Å². The van der Waals surface area contributed by atoms with E-state index < -0.39 is 12.0 Å². The van der Waals surface area contributed by atoms with Crippen molar-refractivity contribution >= 4 is 11.2 Å². The van der Waals surface area contributed by atoms with Crippen molar-refractivity contribution in [2.75, 3.05) is 0 Å². The molecule has 0 amide bonds. The Bertz CT molecular complexity index is 1040. The lowest BCUT2D eigenvalue weighted by Crippen LogP contribution is -2.13. The van der Waals surface area contributed by atoms with E-state index in [1.54, 1.807) is 34.9 Å². The lowest BCUT2D eigenvalue weighted by atomic mass is 10.1. The molecule has 2 heterocycles. The van der Waals surface area contributed by atoms with Gasteiger partial charge in [0, 0.05) is 5.56 Å². The number of fused-ring (bicyclic) bond motifs is 1. The van der Waals surface area contributed by atoms with E-state index in [0.717, 1.165) is 5.56 Å². The van der Waals surface area contributed by atoms with Gasteiger partial charge in [0.15, 0.2) is 5.65 Å². The first-order chi connectivity index (χ1) is 12.5.